The van der Waals surface area contributed by atoms with Gasteiger partial charge in [0.25, 0.3) is 0 Å². The molecule has 1 aromatic rings. The molecular weight excluding hydrogens is 272 g/mol. The summed E-state index contributed by atoms with van der Waals surface area (Å²) in [7, 11) is 0. The van der Waals surface area contributed by atoms with Crippen LogP contribution in [0.15, 0.2) is 30.3 Å². The van der Waals surface area contributed by atoms with Crippen molar-refractivity contribution in [2.24, 2.45) is 0 Å². The van der Waals surface area contributed by atoms with Crippen molar-refractivity contribution in [3.8, 4) is 0 Å². The summed E-state index contributed by atoms with van der Waals surface area (Å²) in [4.78, 5) is 0. The molecule has 2 fully saturated rings. The molecule has 0 unspecified atom stereocenters. The predicted octanol–water partition coefficient (Wildman–Crippen LogP) is 1.48. The number of aliphatic hydroxyl groups is 1. The Balaban J connectivity index is 1.56. The van der Waals surface area contributed by atoms with E-state index in [1.54, 1.807) is 0 Å². The van der Waals surface area contributed by atoms with Crippen LogP contribution in [-0.4, -0.2) is 48.5 Å². The Hall–Kier alpha value is -0.980. The van der Waals surface area contributed by atoms with Gasteiger partial charge >= 0.3 is 0 Å². The second-order valence-corrected chi connectivity index (χ2v) is 5.96. The highest BCUT2D eigenvalue weighted by Gasteiger charge is 2.54. The van der Waals surface area contributed by atoms with Crippen LogP contribution in [0.2, 0.25) is 0 Å². The molecule has 0 aliphatic carbocycles. The van der Waals surface area contributed by atoms with E-state index in [4.69, 9.17) is 18.9 Å². The van der Waals surface area contributed by atoms with Crippen molar-refractivity contribution in [2.45, 2.75) is 50.7 Å². The number of ether oxygens (including phenoxy) is 4. The summed E-state index contributed by atoms with van der Waals surface area (Å²) < 4.78 is 23.2. The zero-order valence-electron chi connectivity index (χ0n) is 12.4. The van der Waals surface area contributed by atoms with Gasteiger partial charge in [-0.1, -0.05) is 30.3 Å². The molecule has 3 rings (SSSR count). The zero-order chi connectivity index (χ0) is 14.9. The lowest BCUT2D eigenvalue weighted by atomic mass is 10.1. The van der Waals surface area contributed by atoms with Gasteiger partial charge in [-0.2, -0.15) is 0 Å². The standard InChI is InChI=1S/C16H22O5/c1-16(2)20-14-12(8-17)19-13(15(14)21-16)10-18-9-11-6-4-3-5-7-11/h3-7,12-15,17H,8-10H2,1-2H3/t12-,13+,14-,15+/m0/s1. The molecule has 21 heavy (non-hydrogen) atoms. The van der Waals surface area contributed by atoms with Gasteiger partial charge < -0.3 is 24.1 Å². The first kappa shape index (κ1) is 14.9. The second kappa shape index (κ2) is 6.02. The average molecular weight is 294 g/mol. The molecule has 2 heterocycles. The number of rotatable bonds is 5. The molecule has 116 valence electrons. The Morgan fingerprint density at radius 1 is 1.10 bits per heavy atom. The van der Waals surface area contributed by atoms with Gasteiger partial charge in [0.2, 0.25) is 0 Å². The lowest BCUT2D eigenvalue weighted by Gasteiger charge is -2.23. The number of fused-ring (bicyclic) bond motifs is 1. The van der Waals surface area contributed by atoms with Crippen LogP contribution < -0.4 is 0 Å². The fourth-order valence-electron chi connectivity index (χ4n) is 2.92. The SMILES string of the molecule is CC1(C)O[C@@H]2[C@H](O1)[C@@H](COCc1ccccc1)O[C@H]2CO. The molecule has 4 atom stereocenters. The lowest BCUT2D eigenvalue weighted by molar-refractivity contribution is -0.195. The van der Waals surface area contributed by atoms with Gasteiger partial charge in [-0.15, -0.1) is 0 Å². The van der Waals surface area contributed by atoms with Crippen molar-refractivity contribution in [2.75, 3.05) is 13.2 Å². The van der Waals surface area contributed by atoms with Crippen LogP contribution in [0.25, 0.3) is 0 Å². The van der Waals surface area contributed by atoms with Gasteiger partial charge in [0.15, 0.2) is 5.79 Å². The molecule has 2 aliphatic heterocycles. The van der Waals surface area contributed by atoms with E-state index >= 15 is 0 Å². The van der Waals surface area contributed by atoms with E-state index < -0.39 is 5.79 Å². The molecule has 2 aliphatic rings. The van der Waals surface area contributed by atoms with E-state index in [0.717, 1.165) is 5.56 Å². The predicted molar refractivity (Wildman–Crippen MR) is 75.7 cm³/mol. The van der Waals surface area contributed by atoms with Gasteiger partial charge in [0, 0.05) is 0 Å². The van der Waals surface area contributed by atoms with Crippen molar-refractivity contribution in [3.05, 3.63) is 35.9 Å². The van der Waals surface area contributed by atoms with Crippen molar-refractivity contribution < 1.29 is 24.1 Å². The summed E-state index contributed by atoms with van der Waals surface area (Å²) in [5.74, 6) is -0.635. The molecule has 1 aromatic carbocycles. The van der Waals surface area contributed by atoms with Crippen LogP contribution in [0.5, 0.6) is 0 Å². The van der Waals surface area contributed by atoms with E-state index in [-0.39, 0.29) is 31.0 Å². The number of hydrogen-bond acceptors (Lipinski definition) is 5. The smallest absolute Gasteiger partial charge is 0.164 e. The van der Waals surface area contributed by atoms with Crippen LogP contribution in [0, 0.1) is 0 Å². The quantitative estimate of drug-likeness (QED) is 0.891. The third-order valence-electron chi connectivity index (χ3n) is 3.82. The normalized spacial score (nSPS) is 34.0. The van der Waals surface area contributed by atoms with E-state index in [0.29, 0.717) is 13.2 Å². The van der Waals surface area contributed by atoms with Gasteiger partial charge in [-0.05, 0) is 19.4 Å². The molecule has 0 amide bonds. The number of aliphatic hydroxyl groups excluding tert-OH is 1. The Morgan fingerprint density at radius 2 is 1.76 bits per heavy atom. The molecule has 0 bridgehead atoms. The minimum absolute atomic E-state index is 0.0736. The van der Waals surface area contributed by atoms with Gasteiger partial charge in [-0.25, -0.2) is 0 Å². The van der Waals surface area contributed by atoms with Crippen LogP contribution in [0.3, 0.4) is 0 Å². The average Bonchev–Trinajstić information content (AvgIpc) is 2.94. The monoisotopic (exact) mass is 294 g/mol. The first-order valence-electron chi connectivity index (χ1n) is 7.33. The summed E-state index contributed by atoms with van der Waals surface area (Å²) >= 11 is 0. The fourth-order valence-corrected chi connectivity index (χ4v) is 2.92. The summed E-state index contributed by atoms with van der Waals surface area (Å²) in [5.41, 5.74) is 1.12. The van der Waals surface area contributed by atoms with Crippen LogP contribution in [-0.2, 0) is 25.6 Å². The minimum atomic E-state index is -0.635. The maximum atomic E-state index is 9.40. The highest BCUT2D eigenvalue weighted by Crippen LogP contribution is 2.38. The molecule has 1 N–H and O–H groups in total. The molecule has 0 spiro atoms. The van der Waals surface area contributed by atoms with Crippen molar-refractivity contribution >= 4 is 0 Å². The number of benzene rings is 1. The minimum Gasteiger partial charge on any atom is -0.394 e. The van der Waals surface area contributed by atoms with Crippen LogP contribution in [0.4, 0.5) is 0 Å². The molecule has 5 heteroatoms. The third-order valence-corrected chi connectivity index (χ3v) is 3.82. The molecule has 0 radical (unpaired) electrons. The first-order valence-corrected chi connectivity index (χ1v) is 7.33. The Kier molecular flexibility index (Phi) is 4.28. The summed E-state index contributed by atoms with van der Waals surface area (Å²) in [6, 6.07) is 9.99. The van der Waals surface area contributed by atoms with Gasteiger partial charge in [0.05, 0.1) is 19.8 Å². The topological polar surface area (TPSA) is 57.2 Å². The highest BCUT2D eigenvalue weighted by atomic mass is 16.8. The molecule has 5 nitrogen and oxygen atoms in total. The number of hydrogen-bond donors (Lipinski definition) is 1. The second-order valence-electron chi connectivity index (χ2n) is 5.96. The molecular formula is C16H22O5. The van der Waals surface area contributed by atoms with Crippen molar-refractivity contribution in [1.29, 1.82) is 0 Å². The Bertz CT molecular complexity index is 461. The lowest BCUT2D eigenvalue weighted by Crippen LogP contribution is -2.33. The zero-order valence-corrected chi connectivity index (χ0v) is 12.4. The van der Waals surface area contributed by atoms with E-state index in [1.165, 1.54) is 0 Å². The molecule has 2 saturated heterocycles. The summed E-state index contributed by atoms with van der Waals surface area (Å²) in [6.45, 7) is 4.64. The third kappa shape index (κ3) is 3.27. The summed E-state index contributed by atoms with van der Waals surface area (Å²) in [5, 5.41) is 9.40. The van der Waals surface area contributed by atoms with Gasteiger partial charge in [-0.3, -0.25) is 0 Å². The fraction of sp³-hybridized carbons (Fsp3) is 0.625. The molecule has 0 saturated carbocycles. The molecule has 0 aromatic heterocycles. The van der Waals surface area contributed by atoms with E-state index in [2.05, 4.69) is 0 Å². The first-order chi connectivity index (χ1) is 10.1. The van der Waals surface area contributed by atoms with Crippen LogP contribution >= 0.6 is 0 Å². The Labute approximate surface area is 124 Å². The highest BCUT2D eigenvalue weighted by molar-refractivity contribution is 5.13. The van der Waals surface area contributed by atoms with E-state index in [1.807, 2.05) is 44.2 Å². The Morgan fingerprint density at radius 3 is 2.43 bits per heavy atom. The van der Waals surface area contributed by atoms with Crippen molar-refractivity contribution in [1.82, 2.24) is 0 Å². The largest absolute Gasteiger partial charge is 0.394 e. The van der Waals surface area contributed by atoms with Crippen molar-refractivity contribution in [3.63, 3.8) is 0 Å². The summed E-state index contributed by atoms with van der Waals surface area (Å²) in [6.07, 6.45) is -0.969. The maximum Gasteiger partial charge on any atom is 0.164 e. The van der Waals surface area contributed by atoms with Gasteiger partial charge in [0.1, 0.15) is 24.4 Å². The van der Waals surface area contributed by atoms with Crippen LogP contribution in [0.1, 0.15) is 19.4 Å². The maximum absolute atomic E-state index is 9.40. The van der Waals surface area contributed by atoms with E-state index in [9.17, 15) is 5.11 Å².